The fourth-order valence-corrected chi connectivity index (χ4v) is 1.29. The van der Waals surface area contributed by atoms with E-state index in [0.29, 0.717) is 11.7 Å². The molecule has 0 aliphatic rings. The van der Waals surface area contributed by atoms with Crippen molar-refractivity contribution in [3.8, 4) is 0 Å². The van der Waals surface area contributed by atoms with Gasteiger partial charge in [0.2, 0.25) is 5.89 Å². The van der Waals surface area contributed by atoms with Crippen LogP contribution in [-0.2, 0) is 6.54 Å². The Kier molecular flexibility index (Phi) is 3.13. The Labute approximate surface area is 101 Å². The van der Waals surface area contributed by atoms with Gasteiger partial charge in [-0.25, -0.2) is 9.78 Å². The first kappa shape index (κ1) is 11.9. The van der Waals surface area contributed by atoms with E-state index in [9.17, 15) is 9.59 Å². The fourth-order valence-electron chi connectivity index (χ4n) is 1.29. The fraction of sp³-hybridized carbons (Fsp3) is 0.182. The van der Waals surface area contributed by atoms with E-state index < -0.39 is 11.9 Å². The van der Waals surface area contributed by atoms with Crippen molar-refractivity contribution in [2.45, 2.75) is 13.5 Å². The lowest BCUT2D eigenvalue weighted by atomic mass is 10.3. The zero-order chi connectivity index (χ0) is 13.1. The number of furan rings is 1. The van der Waals surface area contributed by atoms with Gasteiger partial charge < -0.3 is 19.3 Å². The van der Waals surface area contributed by atoms with E-state index in [1.807, 2.05) is 0 Å². The maximum absolute atomic E-state index is 11.6. The molecule has 2 N–H and O–H groups in total. The molecular formula is C11H10N2O5. The molecule has 0 aliphatic heterocycles. The summed E-state index contributed by atoms with van der Waals surface area (Å²) in [6.07, 6.45) is 2.55. The monoisotopic (exact) mass is 250 g/mol. The summed E-state index contributed by atoms with van der Waals surface area (Å²) in [7, 11) is 0. The van der Waals surface area contributed by atoms with E-state index in [2.05, 4.69) is 10.3 Å². The number of aromatic carboxylic acids is 1. The lowest BCUT2D eigenvalue weighted by Crippen LogP contribution is -2.22. The number of amides is 1. The average Bonchev–Trinajstić information content (AvgIpc) is 2.94. The molecule has 0 aromatic carbocycles. The van der Waals surface area contributed by atoms with Crippen LogP contribution < -0.4 is 5.32 Å². The van der Waals surface area contributed by atoms with Gasteiger partial charge in [0.25, 0.3) is 5.91 Å². The molecule has 0 bridgehead atoms. The number of carbonyl (C=O) groups excluding carboxylic acids is 1. The van der Waals surface area contributed by atoms with E-state index in [1.165, 1.54) is 6.20 Å². The molecule has 0 fully saturated rings. The summed E-state index contributed by atoms with van der Waals surface area (Å²) in [5.41, 5.74) is -0.0767. The first-order chi connectivity index (χ1) is 8.56. The molecule has 0 atom stereocenters. The molecule has 7 nitrogen and oxygen atoms in total. The Morgan fingerprint density at radius 3 is 2.83 bits per heavy atom. The van der Waals surface area contributed by atoms with Gasteiger partial charge in [0.15, 0.2) is 5.76 Å². The van der Waals surface area contributed by atoms with Gasteiger partial charge in [0.1, 0.15) is 12.0 Å². The molecule has 2 heterocycles. The van der Waals surface area contributed by atoms with Gasteiger partial charge in [0.05, 0.1) is 18.3 Å². The number of hydrogen-bond acceptors (Lipinski definition) is 5. The molecule has 2 rings (SSSR count). The van der Waals surface area contributed by atoms with Crippen LogP contribution >= 0.6 is 0 Å². The lowest BCUT2D eigenvalue weighted by molar-refractivity contribution is 0.0696. The van der Waals surface area contributed by atoms with Crippen molar-refractivity contribution in [1.82, 2.24) is 10.3 Å². The van der Waals surface area contributed by atoms with Crippen molar-refractivity contribution >= 4 is 11.9 Å². The number of aryl methyl sites for hydroxylation is 1. The summed E-state index contributed by atoms with van der Waals surface area (Å²) in [5, 5.41) is 11.2. The summed E-state index contributed by atoms with van der Waals surface area (Å²) in [4.78, 5) is 26.1. The van der Waals surface area contributed by atoms with Crippen molar-refractivity contribution in [3.05, 3.63) is 41.5 Å². The zero-order valence-electron chi connectivity index (χ0n) is 9.47. The first-order valence-corrected chi connectivity index (χ1v) is 5.07. The van der Waals surface area contributed by atoms with Crippen molar-refractivity contribution in [3.63, 3.8) is 0 Å². The highest BCUT2D eigenvalue weighted by Gasteiger charge is 2.14. The van der Waals surface area contributed by atoms with E-state index in [0.717, 1.165) is 12.3 Å². The van der Waals surface area contributed by atoms with Crippen LogP contribution in [0, 0.1) is 6.92 Å². The second-order valence-electron chi connectivity index (χ2n) is 3.55. The van der Waals surface area contributed by atoms with Crippen LogP contribution in [0.3, 0.4) is 0 Å². The maximum atomic E-state index is 11.6. The largest absolute Gasteiger partial charge is 0.478 e. The SMILES string of the molecule is Cc1cnc(CNC(=O)c2cc(C(=O)O)co2)o1. The predicted molar refractivity (Wildman–Crippen MR) is 58.1 cm³/mol. The van der Waals surface area contributed by atoms with Crippen LogP contribution in [0.5, 0.6) is 0 Å². The highest BCUT2D eigenvalue weighted by Crippen LogP contribution is 2.08. The van der Waals surface area contributed by atoms with Crippen LogP contribution in [0.25, 0.3) is 0 Å². The standard InChI is InChI=1S/C11H10N2O5/c1-6-3-12-9(18-6)4-13-10(14)8-2-7(5-17-8)11(15)16/h2-3,5H,4H2,1H3,(H,13,14)(H,15,16). The molecule has 0 radical (unpaired) electrons. The Balaban J connectivity index is 1.97. The molecule has 0 saturated carbocycles. The molecule has 2 aromatic rings. The van der Waals surface area contributed by atoms with Gasteiger partial charge in [-0.3, -0.25) is 4.79 Å². The third-order valence-electron chi connectivity index (χ3n) is 2.14. The maximum Gasteiger partial charge on any atom is 0.338 e. The number of aromatic nitrogens is 1. The van der Waals surface area contributed by atoms with Crippen LogP contribution in [0.4, 0.5) is 0 Å². The van der Waals surface area contributed by atoms with Crippen LogP contribution in [0.1, 0.15) is 32.6 Å². The van der Waals surface area contributed by atoms with Crippen molar-refractivity contribution in [1.29, 1.82) is 0 Å². The summed E-state index contributed by atoms with van der Waals surface area (Å²) < 4.78 is 10.0. The minimum Gasteiger partial charge on any atom is -0.478 e. The second-order valence-corrected chi connectivity index (χ2v) is 3.55. The number of carboxylic acids is 1. The molecule has 94 valence electrons. The third-order valence-corrected chi connectivity index (χ3v) is 2.14. The van der Waals surface area contributed by atoms with E-state index in [1.54, 1.807) is 6.92 Å². The molecule has 7 heteroatoms. The average molecular weight is 250 g/mol. The zero-order valence-corrected chi connectivity index (χ0v) is 9.47. The highest BCUT2D eigenvalue weighted by molar-refractivity contribution is 5.95. The van der Waals surface area contributed by atoms with E-state index >= 15 is 0 Å². The number of oxazole rings is 1. The van der Waals surface area contributed by atoms with Gasteiger partial charge in [-0.2, -0.15) is 0 Å². The second kappa shape index (κ2) is 4.74. The summed E-state index contributed by atoms with van der Waals surface area (Å²) >= 11 is 0. The molecule has 0 spiro atoms. The van der Waals surface area contributed by atoms with Gasteiger partial charge in [0, 0.05) is 6.07 Å². The number of carboxylic acid groups (broad SMARTS) is 1. The molecule has 2 aromatic heterocycles. The van der Waals surface area contributed by atoms with Crippen molar-refractivity contribution in [2.24, 2.45) is 0 Å². The lowest BCUT2D eigenvalue weighted by Gasteiger charge is -1.98. The Bertz CT molecular complexity index is 584. The van der Waals surface area contributed by atoms with Crippen molar-refractivity contribution in [2.75, 3.05) is 0 Å². The molecule has 18 heavy (non-hydrogen) atoms. The highest BCUT2D eigenvalue weighted by atomic mass is 16.4. The Hall–Kier alpha value is -2.57. The van der Waals surface area contributed by atoms with Crippen LogP contribution in [0.15, 0.2) is 27.4 Å². The van der Waals surface area contributed by atoms with E-state index in [4.69, 9.17) is 13.9 Å². The molecular weight excluding hydrogens is 240 g/mol. The normalized spacial score (nSPS) is 10.3. The Morgan fingerprint density at radius 2 is 2.28 bits per heavy atom. The predicted octanol–water partition coefficient (Wildman–Crippen LogP) is 1.20. The minimum absolute atomic E-state index is 0.0734. The first-order valence-electron chi connectivity index (χ1n) is 5.07. The van der Waals surface area contributed by atoms with E-state index in [-0.39, 0.29) is 17.9 Å². The summed E-state index contributed by atoms with van der Waals surface area (Å²) in [6, 6.07) is 1.15. The third kappa shape index (κ3) is 2.57. The van der Waals surface area contributed by atoms with Gasteiger partial charge >= 0.3 is 5.97 Å². The smallest absolute Gasteiger partial charge is 0.338 e. The number of nitrogens with one attached hydrogen (secondary N) is 1. The van der Waals surface area contributed by atoms with Gasteiger partial charge in [-0.15, -0.1) is 0 Å². The van der Waals surface area contributed by atoms with Crippen LogP contribution in [-0.4, -0.2) is 22.0 Å². The van der Waals surface area contributed by atoms with Crippen LogP contribution in [0.2, 0.25) is 0 Å². The molecule has 0 saturated heterocycles. The summed E-state index contributed by atoms with van der Waals surface area (Å²) in [6.45, 7) is 1.85. The quantitative estimate of drug-likeness (QED) is 0.844. The topological polar surface area (TPSA) is 106 Å². The number of carbonyl (C=O) groups is 2. The minimum atomic E-state index is -1.15. The molecule has 0 aliphatic carbocycles. The molecule has 1 amide bonds. The Morgan fingerprint density at radius 1 is 1.50 bits per heavy atom. The number of nitrogens with zero attached hydrogens (tertiary/aromatic N) is 1. The van der Waals surface area contributed by atoms with Gasteiger partial charge in [-0.1, -0.05) is 0 Å². The number of hydrogen-bond donors (Lipinski definition) is 2. The number of rotatable bonds is 4. The molecule has 0 unspecified atom stereocenters. The van der Waals surface area contributed by atoms with Gasteiger partial charge in [-0.05, 0) is 6.92 Å². The van der Waals surface area contributed by atoms with Crippen molar-refractivity contribution < 1.29 is 23.5 Å². The summed E-state index contributed by atoms with van der Waals surface area (Å²) in [5.74, 6) is -0.744.